The predicted octanol–water partition coefficient (Wildman–Crippen LogP) is 3.04. The third-order valence-corrected chi connectivity index (χ3v) is 2.95. The number of carbonyl (C=O) groups excluding carboxylic acids is 1. The van der Waals surface area contributed by atoms with Gasteiger partial charge in [-0.15, -0.1) is 0 Å². The first kappa shape index (κ1) is 14.1. The summed E-state index contributed by atoms with van der Waals surface area (Å²) in [5.74, 6) is -0.411. The molecule has 0 saturated carbocycles. The van der Waals surface area contributed by atoms with Crippen LogP contribution in [0.2, 0.25) is 5.02 Å². The molecule has 0 radical (unpaired) electrons. The van der Waals surface area contributed by atoms with Gasteiger partial charge in [0.15, 0.2) is 0 Å². The lowest BCUT2D eigenvalue weighted by Gasteiger charge is -2.10. The van der Waals surface area contributed by atoms with Gasteiger partial charge in [-0.2, -0.15) is 5.10 Å². The minimum absolute atomic E-state index is 0.411. The Morgan fingerprint density at radius 1 is 1.60 bits per heavy atom. The second-order valence-corrected chi connectivity index (χ2v) is 4.48. The standard InChI is InChI=1S/C14H14ClN3O2/c1-3-18-9-10(8-17-18)7-16-13-6-11(15)4-5-12(13)14(19)20-2/h3-6,8-9,16H,1,7H2,2H3. The van der Waals surface area contributed by atoms with E-state index in [1.165, 1.54) is 7.11 Å². The van der Waals surface area contributed by atoms with Crippen molar-refractivity contribution >= 4 is 29.5 Å². The van der Waals surface area contributed by atoms with Crippen molar-refractivity contribution in [3.05, 3.63) is 53.3 Å². The van der Waals surface area contributed by atoms with Gasteiger partial charge in [0.25, 0.3) is 0 Å². The van der Waals surface area contributed by atoms with E-state index in [0.29, 0.717) is 22.8 Å². The first-order valence-corrected chi connectivity index (χ1v) is 6.29. The number of aromatic nitrogens is 2. The van der Waals surface area contributed by atoms with Crippen molar-refractivity contribution in [1.82, 2.24) is 9.78 Å². The fourth-order valence-electron chi connectivity index (χ4n) is 1.72. The second kappa shape index (κ2) is 6.25. The van der Waals surface area contributed by atoms with Crippen LogP contribution in [-0.2, 0) is 11.3 Å². The maximum absolute atomic E-state index is 11.7. The van der Waals surface area contributed by atoms with E-state index in [-0.39, 0.29) is 0 Å². The van der Waals surface area contributed by atoms with Crippen LogP contribution in [0.4, 0.5) is 5.69 Å². The molecule has 0 amide bonds. The van der Waals surface area contributed by atoms with E-state index in [2.05, 4.69) is 17.0 Å². The normalized spacial score (nSPS) is 10.1. The van der Waals surface area contributed by atoms with Crippen molar-refractivity contribution in [1.29, 1.82) is 0 Å². The van der Waals surface area contributed by atoms with E-state index in [9.17, 15) is 4.79 Å². The summed E-state index contributed by atoms with van der Waals surface area (Å²) in [5.41, 5.74) is 2.02. The fraction of sp³-hybridized carbons (Fsp3) is 0.143. The lowest BCUT2D eigenvalue weighted by molar-refractivity contribution is 0.0602. The summed E-state index contributed by atoms with van der Waals surface area (Å²) >= 11 is 5.95. The molecule has 0 saturated heterocycles. The maximum Gasteiger partial charge on any atom is 0.339 e. The van der Waals surface area contributed by atoms with Crippen LogP contribution in [0, 0.1) is 0 Å². The Labute approximate surface area is 121 Å². The van der Waals surface area contributed by atoms with E-state index in [1.807, 2.05) is 6.20 Å². The summed E-state index contributed by atoms with van der Waals surface area (Å²) in [6, 6.07) is 4.96. The van der Waals surface area contributed by atoms with Crippen molar-refractivity contribution in [2.24, 2.45) is 0 Å². The van der Waals surface area contributed by atoms with Gasteiger partial charge in [-0.3, -0.25) is 0 Å². The van der Waals surface area contributed by atoms with Gasteiger partial charge in [0, 0.05) is 29.5 Å². The molecule has 104 valence electrons. The van der Waals surface area contributed by atoms with Gasteiger partial charge in [-0.05, 0) is 18.2 Å². The second-order valence-electron chi connectivity index (χ2n) is 4.05. The Balaban J connectivity index is 2.17. The van der Waals surface area contributed by atoms with Gasteiger partial charge in [-0.25, -0.2) is 9.48 Å². The fourth-order valence-corrected chi connectivity index (χ4v) is 1.89. The number of halogens is 1. The number of ether oxygens (including phenoxy) is 1. The molecule has 0 fully saturated rings. The third kappa shape index (κ3) is 3.19. The van der Waals surface area contributed by atoms with Crippen LogP contribution in [0.15, 0.2) is 37.2 Å². The van der Waals surface area contributed by atoms with E-state index >= 15 is 0 Å². The number of hydrogen-bond acceptors (Lipinski definition) is 4. The van der Waals surface area contributed by atoms with Gasteiger partial charge >= 0.3 is 5.97 Å². The van der Waals surface area contributed by atoms with Crippen molar-refractivity contribution in [3.8, 4) is 0 Å². The largest absolute Gasteiger partial charge is 0.465 e. The van der Waals surface area contributed by atoms with Crippen molar-refractivity contribution in [2.45, 2.75) is 6.54 Å². The zero-order valence-corrected chi connectivity index (χ0v) is 11.7. The summed E-state index contributed by atoms with van der Waals surface area (Å²) in [4.78, 5) is 11.7. The van der Waals surface area contributed by atoms with E-state index in [0.717, 1.165) is 5.56 Å². The quantitative estimate of drug-likeness (QED) is 0.860. The minimum Gasteiger partial charge on any atom is -0.465 e. The van der Waals surface area contributed by atoms with Gasteiger partial charge in [0.1, 0.15) is 0 Å². The average molecular weight is 292 g/mol. The van der Waals surface area contributed by atoms with Gasteiger partial charge in [-0.1, -0.05) is 18.2 Å². The Morgan fingerprint density at radius 2 is 2.40 bits per heavy atom. The first-order valence-electron chi connectivity index (χ1n) is 5.91. The zero-order valence-electron chi connectivity index (χ0n) is 11.0. The van der Waals surface area contributed by atoms with Crippen LogP contribution in [0.5, 0.6) is 0 Å². The highest BCUT2D eigenvalue weighted by molar-refractivity contribution is 6.31. The van der Waals surface area contributed by atoms with E-state index in [1.54, 1.807) is 35.3 Å². The molecule has 2 aromatic rings. The van der Waals surface area contributed by atoms with Crippen LogP contribution in [0.25, 0.3) is 6.20 Å². The molecule has 0 aliphatic heterocycles. The first-order chi connectivity index (χ1) is 9.63. The molecular formula is C14H14ClN3O2. The number of nitrogens with zero attached hydrogens (tertiary/aromatic N) is 2. The molecule has 1 aromatic carbocycles. The van der Waals surface area contributed by atoms with Crippen molar-refractivity contribution in [2.75, 3.05) is 12.4 Å². The molecule has 0 aliphatic rings. The number of carbonyl (C=O) groups is 1. The average Bonchev–Trinajstić information content (AvgIpc) is 2.92. The number of methoxy groups -OCH3 is 1. The topological polar surface area (TPSA) is 56.2 Å². The smallest absolute Gasteiger partial charge is 0.339 e. The molecular weight excluding hydrogens is 278 g/mol. The van der Waals surface area contributed by atoms with Gasteiger partial charge < -0.3 is 10.1 Å². The molecule has 1 heterocycles. The summed E-state index contributed by atoms with van der Waals surface area (Å²) in [7, 11) is 1.34. The SMILES string of the molecule is C=Cn1cc(CNc2cc(Cl)ccc2C(=O)OC)cn1. The van der Waals surface area contributed by atoms with Crippen LogP contribution in [-0.4, -0.2) is 22.9 Å². The molecule has 1 N–H and O–H groups in total. The molecule has 2 rings (SSSR count). The summed E-state index contributed by atoms with van der Waals surface area (Å²) in [5, 5.41) is 7.77. The molecule has 6 heteroatoms. The van der Waals surface area contributed by atoms with Gasteiger partial charge in [0.2, 0.25) is 0 Å². The van der Waals surface area contributed by atoms with Crippen LogP contribution >= 0.6 is 11.6 Å². The van der Waals surface area contributed by atoms with E-state index < -0.39 is 5.97 Å². The Morgan fingerprint density at radius 3 is 3.05 bits per heavy atom. The third-order valence-electron chi connectivity index (χ3n) is 2.71. The molecule has 20 heavy (non-hydrogen) atoms. The number of benzene rings is 1. The highest BCUT2D eigenvalue weighted by Crippen LogP contribution is 2.22. The number of esters is 1. The van der Waals surface area contributed by atoms with Gasteiger partial charge in [0.05, 0.1) is 24.6 Å². The Kier molecular flexibility index (Phi) is 4.42. The summed E-state index contributed by atoms with van der Waals surface area (Å²) < 4.78 is 6.35. The lowest BCUT2D eigenvalue weighted by Crippen LogP contribution is -2.08. The maximum atomic E-state index is 11.7. The highest BCUT2D eigenvalue weighted by Gasteiger charge is 2.12. The summed E-state index contributed by atoms with van der Waals surface area (Å²) in [6.07, 6.45) is 5.15. The zero-order chi connectivity index (χ0) is 14.5. The predicted molar refractivity (Wildman–Crippen MR) is 78.7 cm³/mol. The Hall–Kier alpha value is -2.27. The number of nitrogens with one attached hydrogen (secondary N) is 1. The molecule has 0 unspecified atom stereocenters. The summed E-state index contributed by atoms with van der Waals surface area (Å²) in [6.45, 7) is 4.14. The minimum atomic E-state index is -0.411. The van der Waals surface area contributed by atoms with E-state index in [4.69, 9.17) is 16.3 Å². The molecule has 0 atom stereocenters. The van der Waals surface area contributed by atoms with Crippen LogP contribution in [0.1, 0.15) is 15.9 Å². The van der Waals surface area contributed by atoms with Crippen LogP contribution < -0.4 is 5.32 Å². The number of rotatable bonds is 5. The molecule has 0 spiro atoms. The van der Waals surface area contributed by atoms with Crippen LogP contribution in [0.3, 0.4) is 0 Å². The molecule has 0 aliphatic carbocycles. The number of hydrogen-bond donors (Lipinski definition) is 1. The molecule has 1 aromatic heterocycles. The number of anilines is 1. The van der Waals surface area contributed by atoms with Crippen molar-refractivity contribution in [3.63, 3.8) is 0 Å². The molecule has 0 bridgehead atoms. The monoisotopic (exact) mass is 291 g/mol. The van der Waals surface area contributed by atoms with Crippen molar-refractivity contribution < 1.29 is 9.53 Å². The highest BCUT2D eigenvalue weighted by atomic mass is 35.5. The lowest BCUT2D eigenvalue weighted by atomic mass is 10.1. The molecule has 5 nitrogen and oxygen atoms in total. The Bertz CT molecular complexity index is 637.